The lowest BCUT2D eigenvalue weighted by Crippen LogP contribution is -2.47. The van der Waals surface area contributed by atoms with Crippen molar-refractivity contribution in [1.29, 1.82) is 0 Å². The van der Waals surface area contributed by atoms with E-state index in [1.165, 1.54) is 144 Å². The van der Waals surface area contributed by atoms with Crippen molar-refractivity contribution in [2.45, 2.75) is 233 Å². The number of hydrogen-bond donors (Lipinski definition) is 1. The number of aromatic nitrogens is 2. The van der Waals surface area contributed by atoms with Crippen LogP contribution in [0, 0.1) is 16.2 Å². The summed E-state index contributed by atoms with van der Waals surface area (Å²) in [4.78, 5) is 80.0. The van der Waals surface area contributed by atoms with Crippen LogP contribution in [0.5, 0.6) is 0 Å². The Kier molecular flexibility index (Phi) is 23.0. The quantitative estimate of drug-likeness (QED) is 0.115. The van der Waals surface area contributed by atoms with Crippen molar-refractivity contribution in [1.82, 2.24) is 44.3 Å². The maximum absolute atomic E-state index is 13.4. The molecule has 4 saturated heterocycles. The Balaban J connectivity index is 0.000000179. The molecular formula is C78H119N9O5. The van der Waals surface area contributed by atoms with Crippen LogP contribution in [-0.4, -0.2) is 147 Å². The summed E-state index contributed by atoms with van der Waals surface area (Å²) in [6.07, 6.45) is 21.9. The fraction of sp³-hybridized carbons (Fsp3) is 0.667. The zero-order valence-corrected chi connectivity index (χ0v) is 59.1. The zero-order chi connectivity index (χ0) is 66.2. The maximum atomic E-state index is 13.4. The van der Waals surface area contributed by atoms with Crippen molar-refractivity contribution in [3.63, 3.8) is 0 Å². The SMILES string of the molecule is CC(C)(C)CCN1CCC2(CC[C@H](N3C(=O)CCC3=O)c3ccccc32)CC1.CCN(C(=O)CCNC(C)=O)[C@@H]1CCC2(CCN(CCC(C)(C)C)CC2)c2ccccc21.CCN(C(=O)c1cncn1C)[C@@H]1CCC2(CCN(CCC(C)(C)C)CC2)c2ccccc21.[HH]. The van der Waals surface area contributed by atoms with E-state index in [2.05, 4.69) is 179 Å². The lowest BCUT2D eigenvalue weighted by Gasteiger charge is -2.49. The summed E-state index contributed by atoms with van der Waals surface area (Å²) >= 11 is 0. The third kappa shape index (κ3) is 16.9. The molecule has 1 N–H and O–H groups in total. The van der Waals surface area contributed by atoms with Gasteiger partial charge in [-0.15, -0.1) is 0 Å². The van der Waals surface area contributed by atoms with Gasteiger partial charge in [-0.1, -0.05) is 135 Å². The molecule has 4 fully saturated rings. The summed E-state index contributed by atoms with van der Waals surface area (Å²) < 4.78 is 1.83. The monoisotopic (exact) mass is 1260 g/mol. The summed E-state index contributed by atoms with van der Waals surface area (Å²) in [6.45, 7) is 39.0. The van der Waals surface area contributed by atoms with Gasteiger partial charge in [0, 0.05) is 54.3 Å². The van der Waals surface area contributed by atoms with Crippen LogP contribution in [0.3, 0.4) is 0 Å². The highest BCUT2D eigenvalue weighted by atomic mass is 16.2. The first-order valence-electron chi connectivity index (χ1n) is 35.8. The first kappa shape index (κ1) is 70.6. The Morgan fingerprint density at radius 2 is 0.935 bits per heavy atom. The summed E-state index contributed by atoms with van der Waals surface area (Å²) in [7, 11) is 1.89. The number of imide groups is 1. The third-order valence-corrected chi connectivity index (χ3v) is 22.5. The van der Waals surface area contributed by atoms with E-state index >= 15 is 0 Å². The first-order valence-corrected chi connectivity index (χ1v) is 35.8. The van der Waals surface area contributed by atoms with Gasteiger partial charge < -0.3 is 34.4 Å². The standard InChI is InChI=1S/C27H40N4O.C27H43N3O2.C24H34N2O2.H2/c1-6-31(25(32)24-19-28-20-29(24)5)23-11-12-27(22-10-8-7-9-21(22)23)14-17-30(18-15-27)16-13-26(2,3)4;1-6-30(25(32)12-17-28-21(2)31)24-11-13-27(23-10-8-7-9-22(23)24)15-19-29(20-16-27)18-14-26(3,4)5;1-23(2,3)12-15-25-16-13-24(14-17-25)11-10-20(18-6-4-5-7-19(18)24)26-21(27)8-9-22(26)28;/h7-10,19-20,23H,6,11-18H2,1-5H3;7-10,24H,6,11-20H2,1-5H3,(H,28,31);4-7,20H,8-17H2,1-3H3;1H/t23-;24-;20-;/m110./s1. The minimum Gasteiger partial charge on any atom is -0.356 e. The average molecular weight is 1260 g/mol. The Morgan fingerprint density at radius 3 is 1.32 bits per heavy atom. The molecule has 0 unspecified atom stereocenters. The molecule has 3 aliphatic carbocycles. The lowest BCUT2D eigenvalue weighted by molar-refractivity contribution is -0.142. The number of carbonyl (C=O) groups is 5. The van der Waals surface area contributed by atoms with Gasteiger partial charge in [0.05, 0.1) is 30.6 Å². The average Bonchev–Trinajstić information content (AvgIpc) is 1.50. The zero-order valence-electron chi connectivity index (χ0n) is 59.1. The number of likely N-dealkylation sites (tertiary alicyclic amines) is 4. The van der Waals surface area contributed by atoms with E-state index in [1.54, 1.807) is 17.4 Å². The molecule has 4 aliphatic heterocycles. The molecule has 1 aromatic heterocycles. The number of hydrogen-bond acceptors (Lipinski definition) is 9. The van der Waals surface area contributed by atoms with Gasteiger partial charge in [-0.3, -0.25) is 28.9 Å². The maximum Gasteiger partial charge on any atom is 0.272 e. The van der Waals surface area contributed by atoms with E-state index in [1.807, 2.05) is 16.5 Å². The minimum atomic E-state index is -0.0837. The van der Waals surface area contributed by atoms with Crippen LogP contribution >= 0.6 is 0 Å². The topological polar surface area (TPSA) is 135 Å². The largest absolute Gasteiger partial charge is 0.356 e. The molecule has 3 atom stereocenters. The fourth-order valence-corrected chi connectivity index (χ4v) is 16.7. The predicted molar refractivity (Wildman–Crippen MR) is 373 cm³/mol. The number of fused-ring (bicyclic) bond motifs is 6. The van der Waals surface area contributed by atoms with Gasteiger partial charge in [0.15, 0.2) is 0 Å². The van der Waals surface area contributed by atoms with Gasteiger partial charge in [-0.2, -0.15) is 0 Å². The molecule has 7 aliphatic rings. The van der Waals surface area contributed by atoms with E-state index in [9.17, 15) is 24.0 Å². The first-order chi connectivity index (χ1) is 43.7. The van der Waals surface area contributed by atoms with Gasteiger partial charge in [0.25, 0.3) is 5.91 Å². The van der Waals surface area contributed by atoms with Crippen molar-refractivity contribution >= 4 is 29.5 Å². The number of benzene rings is 3. The van der Waals surface area contributed by atoms with Crippen molar-refractivity contribution in [2.75, 3.05) is 78.5 Å². The molecule has 11 rings (SSSR count). The minimum absolute atomic E-state index is 0. The Hall–Kier alpha value is -5.70. The van der Waals surface area contributed by atoms with Gasteiger partial charge in [0.2, 0.25) is 23.6 Å². The van der Waals surface area contributed by atoms with Crippen LogP contribution < -0.4 is 5.32 Å². The van der Waals surface area contributed by atoms with Gasteiger partial charge >= 0.3 is 0 Å². The molecule has 0 bridgehead atoms. The van der Waals surface area contributed by atoms with Gasteiger partial charge in [0.1, 0.15) is 5.69 Å². The van der Waals surface area contributed by atoms with Crippen LogP contribution in [0.25, 0.3) is 0 Å². The highest BCUT2D eigenvalue weighted by molar-refractivity contribution is 6.02. The molecule has 14 heteroatoms. The van der Waals surface area contributed by atoms with Crippen molar-refractivity contribution in [3.05, 3.63) is 124 Å². The van der Waals surface area contributed by atoms with E-state index < -0.39 is 0 Å². The van der Waals surface area contributed by atoms with Crippen molar-refractivity contribution in [3.8, 4) is 0 Å². The predicted octanol–water partition coefficient (Wildman–Crippen LogP) is 14.5. The van der Waals surface area contributed by atoms with Gasteiger partial charge in [-0.25, -0.2) is 4.98 Å². The van der Waals surface area contributed by atoms with E-state index in [4.69, 9.17) is 0 Å². The summed E-state index contributed by atoms with van der Waals surface area (Å²) in [5.41, 5.74) is 10.8. The van der Waals surface area contributed by atoms with E-state index in [0.717, 1.165) is 51.6 Å². The highest BCUT2D eigenvalue weighted by Crippen LogP contribution is 2.53. The smallest absolute Gasteiger partial charge is 0.272 e. The molecule has 506 valence electrons. The third-order valence-electron chi connectivity index (χ3n) is 22.5. The van der Waals surface area contributed by atoms with Crippen LogP contribution in [0.15, 0.2) is 85.3 Å². The molecule has 3 aromatic carbocycles. The lowest BCUT2D eigenvalue weighted by atomic mass is 9.63. The number of rotatable bonds is 15. The Bertz CT molecular complexity index is 3130. The number of carbonyl (C=O) groups excluding carboxylic acids is 5. The van der Waals surface area contributed by atoms with Crippen LogP contribution in [0.4, 0.5) is 0 Å². The van der Waals surface area contributed by atoms with Crippen molar-refractivity contribution < 1.29 is 25.4 Å². The molecule has 5 amide bonds. The molecule has 14 nitrogen and oxygen atoms in total. The van der Waals surface area contributed by atoms with E-state index in [0.29, 0.717) is 60.8 Å². The highest BCUT2D eigenvalue weighted by Gasteiger charge is 2.48. The number of imidazole rings is 1. The molecule has 0 saturated carbocycles. The van der Waals surface area contributed by atoms with Gasteiger partial charge in [-0.05, 0) is 235 Å². The summed E-state index contributed by atoms with van der Waals surface area (Å²) in [5.74, 6) is 0.157. The molecule has 0 radical (unpaired) electrons. The van der Waals surface area contributed by atoms with Crippen LogP contribution in [0.2, 0.25) is 0 Å². The fourth-order valence-electron chi connectivity index (χ4n) is 16.7. The van der Waals surface area contributed by atoms with Crippen molar-refractivity contribution in [2.24, 2.45) is 23.3 Å². The number of aryl methyl sites for hydroxylation is 1. The number of nitrogens with zero attached hydrogens (tertiary/aromatic N) is 8. The van der Waals surface area contributed by atoms with Crippen LogP contribution in [-0.2, 0) is 42.5 Å². The number of piperidine rings is 3. The van der Waals surface area contributed by atoms with E-state index in [-0.39, 0.29) is 65.3 Å². The Morgan fingerprint density at radius 1 is 0.554 bits per heavy atom. The molecule has 3 spiro atoms. The summed E-state index contributed by atoms with van der Waals surface area (Å²) in [6, 6.07) is 26.7. The molecule has 92 heavy (non-hydrogen) atoms. The second-order valence-corrected chi connectivity index (χ2v) is 32.3. The molecular weight excluding hydrogens is 1140 g/mol. The number of amides is 5. The molecule has 5 heterocycles. The normalized spacial score (nSPS) is 22.1. The molecule has 4 aromatic rings. The summed E-state index contributed by atoms with van der Waals surface area (Å²) in [5, 5.41) is 2.76. The second kappa shape index (κ2) is 29.9. The second-order valence-electron chi connectivity index (χ2n) is 32.3. The van der Waals surface area contributed by atoms with Crippen LogP contribution in [0.1, 0.15) is 262 Å². The number of nitrogens with one attached hydrogen (secondary N) is 1. The Labute approximate surface area is 555 Å².